The third-order valence-corrected chi connectivity index (χ3v) is 4.54. The zero-order chi connectivity index (χ0) is 13.9. The number of fused-ring (bicyclic) bond motifs is 1. The minimum absolute atomic E-state index is 0.0375. The number of aromatic nitrogens is 1. The number of amides is 1. The Labute approximate surface area is 122 Å². The highest BCUT2D eigenvalue weighted by atomic mass is 32.1. The minimum atomic E-state index is -0.0742. The van der Waals surface area contributed by atoms with E-state index in [-0.39, 0.29) is 17.9 Å². The highest BCUT2D eigenvalue weighted by Crippen LogP contribution is 2.32. The molecular formula is C15H17N3OS. The Morgan fingerprint density at radius 1 is 1.50 bits per heavy atom. The van der Waals surface area contributed by atoms with Gasteiger partial charge in [-0.15, -0.1) is 11.3 Å². The number of para-hydroxylation sites is 1. The van der Waals surface area contributed by atoms with Gasteiger partial charge in [-0.25, -0.2) is 4.98 Å². The van der Waals surface area contributed by atoms with Crippen molar-refractivity contribution >= 4 is 22.9 Å². The van der Waals surface area contributed by atoms with Gasteiger partial charge in [-0.3, -0.25) is 4.79 Å². The summed E-state index contributed by atoms with van der Waals surface area (Å²) in [5.74, 6) is 0.0107. The van der Waals surface area contributed by atoms with Gasteiger partial charge in [-0.1, -0.05) is 18.2 Å². The average Bonchev–Trinajstić information content (AvgIpc) is 3.01. The van der Waals surface area contributed by atoms with E-state index in [2.05, 4.69) is 15.6 Å². The van der Waals surface area contributed by atoms with Crippen LogP contribution in [0.25, 0.3) is 0 Å². The first kappa shape index (κ1) is 13.1. The molecule has 5 heteroatoms. The van der Waals surface area contributed by atoms with Crippen LogP contribution in [0.4, 0.5) is 5.69 Å². The number of benzene rings is 1. The van der Waals surface area contributed by atoms with E-state index < -0.39 is 0 Å². The molecule has 0 radical (unpaired) electrons. The summed E-state index contributed by atoms with van der Waals surface area (Å²) < 4.78 is 0. The van der Waals surface area contributed by atoms with Crippen molar-refractivity contribution in [2.75, 3.05) is 11.9 Å². The van der Waals surface area contributed by atoms with Gasteiger partial charge in [0.25, 0.3) is 0 Å². The molecule has 3 rings (SSSR count). The average molecular weight is 287 g/mol. The second-order valence-corrected chi connectivity index (χ2v) is 5.88. The van der Waals surface area contributed by atoms with Gasteiger partial charge in [-0.05, 0) is 25.0 Å². The molecule has 1 aliphatic heterocycles. The molecular weight excluding hydrogens is 270 g/mol. The maximum absolute atomic E-state index is 12.5. The van der Waals surface area contributed by atoms with Gasteiger partial charge in [0.2, 0.25) is 5.91 Å². The number of nitrogens with zero attached hydrogens (tertiary/aromatic N) is 1. The normalized spacial score (nSPS) is 18.8. The summed E-state index contributed by atoms with van der Waals surface area (Å²) in [6, 6.07) is 7.99. The first-order valence-electron chi connectivity index (χ1n) is 6.78. The fourth-order valence-electron chi connectivity index (χ4n) is 2.56. The lowest BCUT2D eigenvalue weighted by Crippen LogP contribution is -2.34. The quantitative estimate of drug-likeness (QED) is 0.912. The Hall–Kier alpha value is -1.88. The summed E-state index contributed by atoms with van der Waals surface area (Å²) in [7, 11) is 0. The van der Waals surface area contributed by atoms with Crippen LogP contribution < -0.4 is 10.6 Å². The van der Waals surface area contributed by atoms with Gasteiger partial charge in [0.15, 0.2) is 0 Å². The smallest absolute Gasteiger partial charge is 0.228 e. The Morgan fingerprint density at radius 3 is 3.15 bits per heavy atom. The van der Waals surface area contributed by atoms with Crippen molar-refractivity contribution in [1.82, 2.24) is 10.3 Å². The molecule has 104 valence electrons. The van der Waals surface area contributed by atoms with Crippen molar-refractivity contribution in [2.24, 2.45) is 0 Å². The van der Waals surface area contributed by atoms with E-state index >= 15 is 0 Å². The van der Waals surface area contributed by atoms with Crippen molar-refractivity contribution in [3.05, 3.63) is 46.4 Å². The molecule has 2 N–H and O–H groups in total. The number of rotatable bonds is 3. The van der Waals surface area contributed by atoms with Gasteiger partial charge in [0.05, 0.1) is 12.0 Å². The Balaban J connectivity index is 1.75. The predicted molar refractivity (Wildman–Crippen MR) is 81.0 cm³/mol. The van der Waals surface area contributed by atoms with Gasteiger partial charge >= 0.3 is 0 Å². The monoisotopic (exact) mass is 287 g/mol. The molecule has 0 aliphatic carbocycles. The number of hydrogen-bond acceptors (Lipinski definition) is 4. The van der Waals surface area contributed by atoms with E-state index in [4.69, 9.17) is 0 Å². The predicted octanol–water partition coefficient (Wildman–Crippen LogP) is 2.92. The summed E-state index contributed by atoms with van der Waals surface area (Å²) in [5, 5.41) is 9.29. The molecule has 0 saturated heterocycles. The molecule has 0 fully saturated rings. The molecule has 1 aromatic heterocycles. The summed E-state index contributed by atoms with van der Waals surface area (Å²) in [6.45, 7) is 2.81. The van der Waals surface area contributed by atoms with E-state index in [0.29, 0.717) is 0 Å². The lowest BCUT2D eigenvalue weighted by atomic mass is 9.90. The fraction of sp³-hybridized carbons (Fsp3) is 0.333. The maximum Gasteiger partial charge on any atom is 0.228 e. The van der Waals surface area contributed by atoms with Crippen LogP contribution in [0.3, 0.4) is 0 Å². The van der Waals surface area contributed by atoms with Crippen LogP contribution in [0.2, 0.25) is 0 Å². The molecule has 1 aromatic carbocycles. The molecule has 2 unspecified atom stereocenters. The summed E-state index contributed by atoms with van der Waals surface area (Å²) in [6.07, 6.45) is 2.59. The van der Waals surface area contributed by atoms with Crippen LogP contribution in [0.1, 0.15) is 35.9 Å². The molecule has 1 aliphatic rings. The fourth-order valence-corrected chi connectivity index (χ4v) is 3.21. The second-order valence-electron chi connectivity index (χ2n) is 4.96. The minimum Gasteiger partial charge on any atom is -0.385 e. The first-order valence-corrected chi connectivity index (χ1v) is 7.66. The van der Waals surface area contributed by atoms with E-state index in [1.165, 1.54) is 0 Å². The molecule has 20 heavy (non-hydrogen) atoms. The lowest BCUT2D eigenvalue weighted by molar-refractivity contribution is -0.123. The molecule has 0 spiro atoms. The van der Waals surface area contributed by atoms with Crippen LogP contribution in [-0.4, -0.2) is 17.4 Å². The lowest BCUT2D eigenvalue weighted by Gasteiger charge is -2.26. The summed E-state index contributed by atoms with van der Waals surface area (Å²) in [5.41, 5.74) is 2.16. The van der Waals surface area contributed by atoms with Crippen LogP contribution in [-0.2, 0) is 4.79 Å². The summed E-state index contributed by atoms with van der Waals surface area (Å²) >= 11 is 1.57. The third-order valence-electron chi connectivity index (χ3n) is 3.58. The van der Waals surface area contributed by atoms with Crippen LogP contribution >= 0.6 is 11.3 Å². The Morgan fingerprint density at radius 2 is 2.35 bits per heavy atom. The maximum atomic E-state index is 12.5. The number of anilines is 1. The van der Waals surface area contributed by atoms with E-state index in [1.54, 1.807) is 17.5 Å². The molecule has 0 bridgehead atoms. The largest absolute Gasteiger partial charge is 0.385 e. The number of carbonyl (C=O) groups is 1. The van der Waals surface area contributed by atoms with Crippen molar-refractivity contribution in [3.63, 3.8) is 0 Å². The molecule has 2 atom stereocenters. The van der Waals surface area contributed by atoms with Gasteiger partial charge in [0.1, 0.15) is 5.01 Å². The van der Waals surface area contributed by atoms with E-state index in [9.17, 15) is 4.79 Å². The topological polar surface area (TPSA) is 54.0 Å². The zero-order valence-electron chi connectivity index (χ0n) is 11.3. The van der Waals surface area contributed by atoms with Crippen molar-refractivity contribution in [2.45, 2.75) is 25.3 Å². The van der Waals surface area contributed by atoms with Gasteiger partial charge in [-0.2, -0.15) is 0 Å². The molecule has 4 nitrogen and oxygen atoms in total. The molecule has 0 saturated carbocycles. The third kappa shape index (κ3) is 2.54. The Bertz CT molecular complexity index is 597. The standard InChI is InChI=1S/C15H17N3OS/c1-10(15-17-8-9-20-15)18-14(19)12-6-7-16-13-5-3-2-4-11(12)13/h2-5,8-10,12,16H,6-7H2,1H3,(H,18,19). The highest BCUT2D eigenvalue weighted by molar-refractivity contribution is 7.09. The summed E-state index contributed by atoms with van der Waals surface area (Å²) in [4.78, 5) is 16.8. The SMILES string of the molecule is CC(NC(=O)C1CCNc2ccccc21)c1nccs1. The number of thiazole rings is 1. The number of nitrogens with one attached hydrogen (secondary N) is 2. The van der Waals surface area contributed by atoms with Crippen molar-refractivity contribution < 1.29 is 4.79 Å². The van der Waals surface area contributed by atoms with Crippen LogP contribution in [0.15, 0.2) is 35.8 Å². The van der Waals surface area contributed by atoms with Crippen molar-refractivity contribution in [3.8, 4) is 0 Å². The zero-order valence-corrected chi connectivity index (χ0v) is 12.1. The second kappa shape index (κ2) is 5.63. The molecule has 2 aromatic rings. The van der Waals surface area contributed by atoms with Crippen LogP contribution in [0.5, 0.6) is 0 Å². The van der Waals surface area contributed by atoms with E-state index in [1.807, 2.05) is 36.6 Å². The Kier molecular flexibility index (Phi) is 3.69. The van der Waals surface area contributed by atoms with Crippen LogP contribution in [0, 0.1) is 0 Å². The molecule has 2 heterocycles. The van der Waals surface area contributed by atoms with Gasteiger partial charge in [0, 0.05) is 23.8 Å². The number of carbonyl (C=O) groups excluding carboxylic acids is 1. The van der Waals surface area contributed by atoms with Crippen molar-refractivity contribution in [1.29, 1.82) is 0 Å². The van der Waals surface area contributed by atoms with Gasteiger partial charge < -0.3 is 10.6 Å². The highest BCUT2D eigenvalue weighted by Gasteiger charge is 2.27. The molecule has 1 amide bonds. The number of hydrogen-bond donors (Lipinski definition) is 2. The van der Waals surface area contributed by atoms with E-state index in [0.717, 1.165) is 29.2 Å². The first-order chi connectivity index (χ1) is 9.75.